The highest BCUT2D eigenvalue weighted by atomic mass is 35.5. The molecule has 1 aromatic carbocycles. The summed E-state index contributed by atoms with van der Waals surface area (Å²) >= 11 is 6.19. The van der Waals surface area contributed by atoms with Gasteiger partial charge in [0.05, 0.1) is 29.4 Å². The lowest BCUT2D eigenvalue weighted by molar-refractivity contribution is 0.0524. The van der Waals surface area contributed by atoms with E-state index in [0.717, 1.165) is 0 Å². The number of H-pyrrole nitrogens is 1. The van der Waals surface area contributed by atoms with Gasteiger partial charge in [0, 0.05) is 25.0 Å². The number of aromatic nitrogens is 1. The molecule has 2 rings (SSSR count). The Balaban J connectivity index is 2.15. The van der Waals surface area contributed by atoms with Crippen LogP contribution in [0.25, 0.3) is 0 Å². The van der Waals surface area contributed by atoms with Gasteiger partial charge in [-0.05, 0) is 44.5 Å². The summed E-state index contributed by atoms with van der Waals surface area (Å²) in [7, 11) is 1.54. The third-order valence-corrected chi connectivity index (χ3v) is 4.52. The maximum Gasteiger partial charge on any atom is 0.340 e. The molecule has 0 saturated heterocycles. The molecule has 156 valence electrons. The number of amides is 2. The van der Waals surface area contributed by atoms with Crippen molar-refractivity contribution in [3.05, 3.63) is 51.3 Å². The molecule has 0 aliphatic carbocycles. The van der Waals surface area contributed by atoms with Gasteiger partial charge >= 0.3 is 5.97 Å². The van der Waals surface area contributed by atoms with Crippen LogP contribution in [0.15, 0.2) is 18.2 Å². The Labute approximate surface area is 173 Å². The predicted molar refractivity (Wildman–Crippen MR) is 110 cm³/mol. The number of ether oxygens (including phenoxy) is 2. The Hall–Kier alpha value is -2.84. The highest BCUT2D eigenvalue weighted by molar-refractivity contribution is 6.34. The highest BCUT2D eigenvalue weighted by Crippen LogP contribution is 2.23. The standard InChI is InChI=1S/C20H24ClN3O5/c1-5-29-20(27)16-11(2)17(23-12(16)3)19(26)24-13-6-7-14(15(21)10-13)18(25)22-8-9-28-4/h6-7,10,23H,5,8-9H2,1-4H3,(H,22,25)(H,24,26). The molecule has 0 fully saturated rings. The largest absolute Gasteiger partial charge is 0.462 e. The third kappa shape index (κ3) is 5.36. The molecule has 0 aliphatic rings. The number of benzene rings is 1. The molecule has 2 aromatic rings. The fourth-order valence-electron chi connectivity index (χ4n) is 2.82. The number of anilines is 1. The van der Waals surface area contributed by atoms with E-state index >= 15 is 0 Å². The third-order valence-electron chi connectivity index (χ3n) is 4.21. The first-order valence-electron chi connectivity index (χ1n) is 9.04. The number of aryl methyl sites for hydroxylation is 1. The Morgan fingerprint density at radius 3 is 2.52 bits per heavy atom. The molecule has 9 heteroatoms. The predicted octanol–water partition coefficient (Wildman–Crippen LogP) is 3.09. The zero-order valence-electron chi connectivity index (χ0n) is 16.8. The highest BCUT2D eigenvalue weighted by Gasteiger charge is 2.23. The number of nitrogens with one attached hydrogen (secondary N) is 3. The number of hydrogen-bond acceptors (Lipinski definition) is 5. The van der Waals surface area contributed by atoms with Crippen molar-refractivity contribution in [3.63, 3.8) is 0 Å². The minimum atomic E-state index is -0.482. The minimum absolute atomic E-state index is 0.198. The SMILES string of the molecule is CCOC(=O)c1c(C)[nH]c(C(=O)Nc2ccc(C(=O)NCCOC)c(Cl)c2)c1C. The Bertz CT molecular complexity index is 923. The number of aromatic amines is 1. The lowest BCUT2D eigenvalue weighted by Gasteiger charge is -2.09. The first-order chi connectivity index (χ1) is 13.8. The van der Waals surface area contributed by atoms with Crippen LogP contribution in [0.4, 0.5) is 5.69 Å². The summed E-state index contributed by atoms with van der Waals surface area (Å²) in [6.45, 7) is 6.08. The van der Waals surface area contributed by atoms with Crippen LogP contribution in [-0.2, 0) is 9.47 Å². The lowest BCUT2D eigenvalue weighted by Crippen LogP contribution is -2.27. The van der Waals surface area contributed by atoms with Crippen molar-refractivity contribution in [3.8, 4) is 0 Å². The Morgan fingerprint density at radius 2 is 1.90 bits per heavy atom. The van der Waals surface area contributed by atoms with Crippen LogP contribution in [0.5, 0.6) is 0 Å². The van der Waals surface area contributed by atoms with E-state index in [2.05, 4.69) is 15.6 Å². The van der Waals surface area contributed by atoms with Crippen molar-refractivity contribution in [1.29, 1.82) is 0 Å². The summed E-state index contributed by atoms with van der Waals surface area (Å²) in [4.78, 5) is 39.8. The summed E-state index contributed by atoms with van der Waals surface area (Å²) in [6, 6.07) is 4.59. The smallest absolute Gasteiger partial charge is 0.340 e. The van der Waals surface area contributed by atoms with E-state index in [-0.39, 0.29) is 28.8 Å². The molecule has 0 bridgehead atoms. The molecule has 3 N–H and O–H groups in total. The molecular formula is C20H24ClN3O5. The fourth-order valence-corrected chi connectivity index (χ4v) is 3.09. The molecule has 0 radical (unpaired) electrons. The topological polar surface area (TPSA) is 110 Å². The Morgan fingerprint density at radius 1 is 1.17 bits per heavy atom. The first-order valence-corrected chi connectivity index (χ1v) is 9.42. The van der Waals surface area contributed by atoms with E-state index in [9.17, 15) is 14.4 Å². The molecule has 0 saturated carbocycles. The van der Waals surface area contributed by atoms with Crippen molar-refractivity contribution >= 4 is 35.1 Å². The van der Waals surface area contributed by atoms with Crippen molar-refractivity contribution in [1.82, 2.24) is 10.3 Å². The second kappa shape index (κ2) is 10.1. The maximum absolute atomic E-state index is 12.7. The quantitative estimate of drug-likeness (QED) is 0.448. The molecule has 1 aromatic heterocycles. The second-order valence-electron chi connectivity index (χ2n) is 6.24. The molecule has 0 unspecified atom stereocenters. The summed E-state index contributed by atoms with van der Waals surface area (Å²) < 4.78 is 9.92. The van der Waals surface area contributed by atoms with E-state index in [0.29, 0.717) is 35.7 Å². The van der Waals surface area contributed by atoms with Crippen molar-refractivity contribution in [2.75, 3.05) is 32.2 Å². The van der Waals surface area contributed by atoms with E-state index < -0.39 is 11.9 Å². The number of carbonyl (C=O) groups is 3. The van der Waals surface area contributed by atoms with E-state index in [1.54, 1.807) is 33.9 Å². The van der Waals surface area contributed by atoms with Gasteiger partial charge in [-0.2, -0.15) is 0 Å². The van der Waals surface area contributed by atoms with Gasteiger partial charge in [-0.1, -0.05) is 11.6 Å². The summed E-state index contributed by atoms with van der Waals surface area (Å²) in [5.74, 6) is -1.25. The van der Waals surface area contributed by atoms with Gasteiger partial charge in [0.15, 0.2) is 0 Å². The monoisotopic (exact) mass is 421 g/mol. The molecule has 1 heterocycles. The van der Waals surface area contributed by atoms with Gasteiger partial charge in [0.1, 0.15) is 5.69 Å². The zero-order chi connectivity index (χ0) is 21.6. The molecule has 8 nitrogen and oxygen atoms in total. The second-order valence-corrected chi connectivity index (χ2v) is 6.65. The number of halogens is 1. The van der Waals surface area contributed by atoms with E-state index in [1.165, 1.54) is 12.1 Å². The number of rotatable bonds is 8. The molecular weight excluding hydrogens is 398 g/mol. The number of esters is 1. The van der Waals surface area contributed by atoms with Gasteiger partial charge in [0.2, 0.25) is 0 Å². The van der Waals surface area contributed by atoms with Crippen LogP contribution < -0.4 is 10.6 Å². The molecule has 0 spiro atoms. The van der Waals surface area contributed by atoms with Crippen molar-refractivity contribution < 1.29 is 23.9 Å². The number of hydrogen-bond donors (Lipinski definition) is 3. The van der Waals surface area contributed by atoms with E-state index in [1.807, 2.05) is 0 Å². The molecule has 0 aliphatic heterocycles. The van der Waals surface area contributed by atoms with E-state index in [4.69, 9.17) is 21.1 Å². The van der Waals surface area contributed by atoms with Crippen LogP contribution in [0.1, 0.15) is 49.4 Å². The lowest BCUT2D eigenvalue weighted by atomic mass is 10.1. The summed E-state index contributed by atoms with van der Waals surface area (Å²) in [5.41, 5.74) is 2.35. The average molecular weight is 422 g/mol. The zero-order valence-corrected chi connectivity index (χ0v) is 17.5. The van der Waals surface area contributed by atoms with Crippen LogP contribution >= 0.6 is 11.6 Å². The average Bonchev–Trinajstić information content (AvgIpc) is 2.96. The van der Waals surface area contributed by atoms with Crippen molar-refractivity contribution in [2.24, 2.45) is 0 Å². The molecule has 29 heavy (non-hydrogen) atoms. The molecule has 0 atom stereocenters. The van der Waals surface area contributed by atoms with Gasteiger partial charge < -0.3 is 25.1 Å². The maximum atomic E-state index is 12.7. The first kappa shape index (κ1) is 22.4. The number of carbonyl (C=O) groups excluding carboxylic acids is 3. The number of methoxy groups -OCH3 is 1. The minimum Gasteiger partial charge on any atom is -0.462 e. The summed E-state index contributed by atoms with van der Waals surface area (Å²) in [6.07, 6.45) is 0. The van der Waals surface area contributed by atoms with Crippen LogP contribution in [0.3, 0.4) is 0 Å². The fraction of sp³-hybridized carbons (Fsp3) is 0.350. The summed E-state index contributed by atoms with van der Waals surface area (Å²) in [5, 5.41) is 5.59. The Kier molecular flexibility index (Phi) is 7.81. The van der Waals surface area contributed by atoms with Crippen LogP contribution in [0.2, 0.25) is 5.02 Å². The van der Waals surface area contributed by atoms with Crippen LogP contribution in [0, 0.1) is 13.8 Å². The van der Waals surface area contributed by atoms with Gasteiger partial charge in [-0.3, -0.25) is 9.59 Å². The van der Waals surface area contributed by atoms with Gasteiger partial charge in [0.25, 0.3) is 11.8 Å². The van der Waals surface area contributed by atoms with Crippen molar-refractivity contribution in [2.45, 2.75) is 20.8 Å². The van der Waals surface area contributed by atoms with Crippen LogP contribution in [-0.4, -0.2) is 49.6 Å². The molecule has 2 amide bonds. The van der Waals surface area contributed by atoms with Gasteiger partial charge in [-0.15, -0.1) is 0 Å². The normalized spacial score (nSPS) is 10.5. The van der Waals surface area contributed by atoms with Gasteiger partial charge in [-0.25, -0.2) is 4.79 Å².